The first-order valence-corrected chi connectivity index (χ1v) is 9.58. The Morgan fingerprint density at radius 2 is 2.23 bits per heavy atom. The fraction of sp³-hybridized carbons (Fsp3) is 0.474. The molecule has 2 aromatic heterocycles. The number of furan rings is 1. The molecule has 2 aromatic rings. The van der Waals surface area contributed by atoms with Crippen LogP contribution in [0.4, 0.5) is 0 Å². The normalized spacial score (nSPS) is 16.8. The molecule has 0 saturated heterocycles. The highest BCUT2D eigenvalue weighted by Crippen LogP contribution is 2.26. The number of carbonyl (C=O) groups excluding carboxylic acids is 2. The molecule has 26 heavy (non-hydrogen) atoms. The smallest absolute Gasteiger partial charge is 0.255 e. The molecule has 0 aromatic carbocycles. The summed E-state index contributed by atoms with van der Waals surface area (Å²) in [6, 6.07) is 3.60. The molecule has 0 radical (unpaired) electrons. The van der Waals surface area contributed by atoms with Gasteiger partial charge in [-0.3, -0.25) is 9.59 Å². The van der Waals surface area contributed by atoms with Gasteiger partial charge >= 0.3 is 0 Å². The van der Waals surface area contributed by atoms with E-state index >= 15 is 0 Å². The second-order valence-corrected chi connectivity index (χ2v) is 7.97. The molecule has 1 aliphatic heterocycles. The first-order chi connectivity index (χ1) is 12.3. The number of hydrogen-bond acceptors (Lipinski definition) is 5. The van der Waals surface area contributed by atoms with E-state index in [-0.39, 0.29) is 24.9 Å². The molecule has 2 amide bonds. The maximum atomic E-state index is 12.6. The van der Waals surface area contributed by atoms with Crippen LogP contribution in [0.1, 0.15) is 45.7 Å². The molecule has 3 rings (SSSR count). The lowest BCUT2D eigenvalue weighted by Crippen LogP contribution is -2.45. The number of nitrogens with one attached hydrogen (secondary N) is 1. The van der Waals surface area contributed by atoms with Gasteiger partial charge in [-0.25, -0.2) is 0 Å². The Hall–Kier alpha value is -2.12. The number of carbonyl (C=O) groups is 2. The van der Waals surface area contributed by atoms with Crippen LogP contribution in [-0.4, -0.2) is 41.5 Å². The van der Waals surface area contributed by atoms with Crippen molar-refractivity contribution in [3.05, 3.63) is 45.0 Å². The average molecular weight is 376 g/mol. The summed E-state index contributed by atoms with van der Waals surface area (Å²) < 4.78 is 5.46. The van der Waals surface area contributed by atoms with Crippen molar-refractivity contribution in [1.82, 2.24) is 10.2 Å². The van der Waals surface area contributed by atoms with E-state index in [4.69, 9.17) is 4.42 Å². The molecule has 6 nitrogen and oxygen atoms in total. The average Bonchev–Trinajstić information content (AvgIpc) is 3.14. The monoisotopic (exact) mass is 376 g/mol. The van der Waals surface area contributed by atoms with Crippen molar-refractivity contribution in [2.45, 2.75) is 39.2 Å². The minimum Gasteiger partial charge on any atom is -0.466 e. The molecule has 0 bridgehead atoms. The largest absolute Gasteiger partial charge is 0.466 e. The summed E-state index contributed by atoms with van der Waals surface area (Å²) in [5.74, 6) is 0.970. The van der Waals surface area contributed by atoms with Gasteiger partial charge in [-0.1, -0.05) is 0 Å². The molecule has 140 valence electrons. The zero-order valence-electron chi connectivity index (χ0n) is 15.3. The van der Waals surface area contributed by atoms with E-state index in [0.717, 1.165) is 17.7 Å². The summed E-state index contributed by atoms with van der Waals surface area (Å²) in [7, 11) is 0. The zero-order valence-corrected chi connectivity index (χ0v) is 16.1. The predicted molar refractivity (Wildman–Crippen MR) is 99.3 cm³/mol. The van der Waals surface area contributed by atoms with Gasteiger partial charge in [0.25, 0.3) is 5.91 Å². The number of amides is 2. The minimum atomic E-state index is -1.24. The van der Waals surface area contributed by atoms with E-state index in [9.17, 15) is 14.7 Å². The Kier molecular flexibility index (Phi) is 5.20. The summed E-state index contributed by atoms with van der Waals surface area (Å²) in [6.45, 7) is 5.84. The second-order valence-electron chi connectivity index (χ2n) is 6.97. The lowest BCUT2D eigenvalue weighted by Gasteiger charge is -2.25. The van der Waals surface area contributed by atoms with Gasteiger partial charge in [0.1, 0.15) is 17.1 Å². The number of hydrogen-bond donors (Lipinski definition) is 2. The highest BCUT2D eigenvalue weighted by molar-refractivity contribution is 7.10. The predicted octanol–water partition coefficient (Wildman–Crippen LogP) is 2.37. The third-order valence-electron chi connectivity index (χ3n) is 4.68. The van der Waals surface area contributed by atoms with Crippen molar-refractivity contribution in [3.63, 3.8) is 0 Å². The highest BCUT2D eigenvalue weighted by Gasteiger charge is 2.29. The second kappa shape index (κ2) is 7.25. The van der Waals surface area contributed by atoms with Crippen molar-refractivity contribution >= 4 is 23.2 Å². The van der Waals surface area contributed by atoms with Gasteiger partial charge in [0, 0.05) is 17.0 Å². The Balaban J connectivity index is 1.60. The standard InChI is InChI=1S/C19H24N2O4S/c1-12-9-15(13(2)25-12)19(3,24)11-20-17(22)10-21-7-4-5-16-14(18(21)23)6-8-26-16/h6,8-9,24H,4-5,7,10-11H2,1-3H3,(H,20,22)/t19-/m0/s1. The number of nitrogens with zero attached hydrogens (tertiary/aromatic N) is 1. The summed E-state index contributed by atoms with van der Waals surface area (Å²) in [5.41, 5.74) is 0.127. The number of fused-ring (bicyclic) bond motifs is 1. The van der Waals surface area contributed by atoms with Gasteiger partial charge in [-0.2, -0.15) is 0 Å². The van der Waals surface area contributed by atoms with Crippen LogP contribution < -0.4 is 5.32 Å². The van der Waals surface area contributed by atoms with Gasteiger partial charge in [0.15, 0.2) is 0 Å². The van der Waals surface area contributed by atoms with Crippen molar-refractivity contribution in [2.75, 3.05) is 19.6 Å². The first-order valence-electron chi connectivity index (χ1n) is 8.70. The van der Waals surface area contributed by atoms with Gasteiger partial charge in [0.2, 0.25) is 5.91 Å². The summed E-state index contributed by atoms with van der Waals surface area (Å²) in [6.07, 6.45) is 1.71. The Morgan fingerprint density at radius 1 is 1.46 bits per heavy atom. The quantitative estimate of drug-likeness (QED) is 0.839. The summed E-state index contributed by atoms with van der Waals surface area (Å²) in [5, 5.41) is 15.3. The Labute approximate surface area is 156 Å². The van der Waals surface area contributed by atoms with E-state index in [2.05, 4.69) is 5.32 Å². The fourth-order valence-electron chi connectivity index (χ4n) is 3.34. The SMILES string of the molecule is Cc1cc([C@@](C)(O)CNC(=O)CN2CCCc3sccc3C2=O)c(C)o1. The van der Waals surface area contributed by atoms with Crippen LogP contribution in [-0.2, 0) is 16.8 Å². The lowest BCUT2D eigenvalue weighted by atomic mass is 9.96. The van der Waals surface area contributed by atoms with Crippen LogP contribution >= 0.6 is 11.3 Å². The molecule has 1 atom stereocenters. The van der Waals surface area contributed by atoms with E-state index < -0.39 is 5.60 Å². The van der Waals surface area contributed by atoms with Gasteiger partial charge in [0.05, 0.1) is 18.7 Å². The van der Waals surface area contributed by atoms with Gasteiger partial charge < -0.3 is 19.7 Å². The molecule has 0 fully saturated rings. The molecule has 3 heterocycles. The maximum Gasteiger partial charge on any atom is 0.255 e. The molecule has 7 heteroatoms. The molecule has 0 aliphatic carbocycles. The van der Waals surface area contributed by atoms with Crippen molar-refractivity contribution in [2.24, 2.45) is 0 Å². The van der Waals surface area contributed by atoms with Crippen molar-refractivity contribution in [1.29, 1.82) is 0 Å². The molecule has 0 spiro atoms. The number of aryl methyl sites for hydroxylation is 3. The summed E-state index contributed by atoms with van der Waals surface area (Å²) >= 11 is 1.59. The van der Waals surface area contributed by atoms with E-state index in [0.29, 0.717) is 29.2 Å². The highest BCUT2D eigenvalue weighted by atomic mass is 32.1. The lowest BCUT2D eigenvalue weighted by molar-refractivity contribution is -0.123. The van der Waals surface area contributed by atoms with Crippen LogP contribution in [0.15, 0.2) is 21.9 Å². The summed E-state index contributed by atoms with van der Waals surface area (Å²) in [4.78, 5) is 27.6. The Bertz CT molecular complexity index is 821. The van der Waals surface area contributed by atoms with Gasteiger partial charge in [-0.15, -0.1) is 11.3 Å². The molecular weight excluding hydrogens is 352 g/mol. The van der Waals surface area contributed by atoms with E-state index in [1.54, 1.807) is 36.2 Å². The van der Waals surface area contributed by atoms with Crippen molar-refractivity contribution in [3.8, 4) is 0 Å². The number of rotatable bonds is 5. The molecule has 0 unspecified atom stereocenters. The third-order valence-corrected chi connectivity index (χ3v) is 5.66. The van der Waals surface area contributed by atoms with Crippen LogP contribution in [0, 0.1) is 13.8 Å². The number of thiophene rings is 1. The van der Waals surface area contributed by atoms with Crippen LogP contribution in [0.5, 0.6) is 0 Å². The van der Waals surface area contributed by atoms with Gasteiger partial charge in [-0.05, 0) is 51.1 Å². The van der Waals surface area contributed by atoms with Crippen LogP contribution in [0.2, 0.25) is 0 Å². The first kappa shape index (κ1) is 18.7. The third kappa shape index (κ3) is 3.83. The molecule has 1 aliphatic rings. The maximum absolute atomic E-state index is 12.6. The van der Waals surface area contributed by atoms with E-state index in [1.165, 1.54) is 0 Å². The Morgan fingerprint density at radius 3 is 2.92 bits per heavy atom. The molecule has 0 saturated carbocycles. The van der Waals surface area contributed by atoms with Crippen LogP contribution in [0.3, 0.4) is 0 Å². The number of aliphatic hydroxyl groups is 1. The van der Waals surface area contributed by atoms with E-state index in [1.807, 2.05) is 18.4 Å². The zero-order chi connectivity index (χ0) is 18.9. The molecular formula is C19H24N2O4S. The topological polar surface area (TPSA) is 82.8 Å². The van der Waals surface area contributed by atoms with Crippen LogP contribution in [0.25, 0.3) is 0 Å². The molecule has 2 N–H and O–H groups in total. The minimum absolute atomic E-state index is 0.00635. The fourth-order valence-corrected chi connectivity index (χ4v) is 4.25. The van der Waals surface area contributed by atoms with Crippen molar-refractivity contribution < 1.29 is 19.1 Å².